The second-order valence-electron chi connectivity index (χ2n) is 8.28. The molecule has 1 aliphatic carbocycles. The van der Waals surface area contributed by atoms with Gasteiger partial charge in [0.2, 0.25) is 0 Å². The Hall–Kier alpha value is -3.88. The first-order chi connectivity index (χ1) is 15.2. The van der Waals surface area contributed by atoms with Crippen LogP contribution >= 0.6 is 0 Å². The van der Waals surface area contributed by atoms with Gasteiger partial charge in [0.15, 0.2) is 0 Å². The zero-order valence-corrected chi connectivity index (χ0v) is 16.7. The molecule has 2 heteroatoms. The van der Waals surface area contributed by atoms with E-state index in [-0.39, 0.29) is 0 Å². The lowest BCUT2D eigenvalue weighted by Gasteiger charge is -2.27. The van der Waals surface area contributed by atoms with Crippen molar-refractivity contribution in [2.45, 2.75) is 5.60 Å². The van der Waals surface area contributed by atoms with Crippen LogP contribution in [0, 0.1) is 0 Å². The monoisotopic (exact) mass is 398 g/mol. The molecule has 0 spiro atoms. The van der Waals surface area contributed by atoms with Gasteiger partial charge in [-0.15, -0.1) is 0 Å². The molecule has 31 heavy (non-hydrogen) atoms. The van der Waals surface area contributed by atoms with Crippen LogP contribution in [0.15, 0.2) is 108 Å². The molecule has 0 aliphatic heterocycles. The lowest BCUT2D eigenvalue weighted by Crippen LogP contribution is -2.26. The average Bonchev–Trinajstić information content (AvgIpc) is 3.32. The SMILES string of the molecule is OC1(c2cccc3c2oc2ccccc23)c2ccccc2-c2cc3ccccc3cc21. The molecule has 0 saturated carbocycles. The summed E-state index contributed by atoms with van der Waals surface area (Å²) in [7, 11) is 0. The summed E-state index contributed by atoms with van der Waals surface area (Å²) in [5, 5.41) is 16.9. The summed E-state index contributed by atoms with van der Waals surface area (Å²) in [5.74, 6) is 0. The summed E-state index contributed by atoms with van der Waals surface area (Å²) in [6.07, 6.45) is 0. The Morgan fingerprint density at radius 3 is 2.13 bits per heavy atom. The summed E-state index contributed by atoms with van der Waals surface area (Å²) < 4.78 is 6.32. The highest BCUT2D eigenvalue weighted by atomic mass is 16.3. The molecule has 1 unspecified atom stereocenters. The molecule has 6 aromatic rings. The minimum Gasteiger partial charge on any atom is -0.456 e. The average molecular weight is 398 g/mol. The Morgan fingerprint density at radius 1 is 0.548 bits per heavy atom. The number of rotatable bonds is 1. The predicted octanol–water partition coefficient (Wildman–Crippen LogP) is 7.00. The Kier molecular flexibility index (Phi) is 3.18. The van der Waals surface area contributed by atoms with Gasteiger partial charge in [-0.3, -0.25) is 0 Å². The van der Waals surface area contributed by atoms with Crippen molar-refractivity contribution in [1.82, 2.24) is 0 Å². The molecular formula is C29H18O2. The largest absolute Gasteiger partial charge is 0.456 e. The van der Waals surface area contributed by atoms with E-state index in [1.165, 1.54) is 5.39 Å². The van der Waals surface area contributed by atoms with Gasteiger partial charge in [-0.1, -0.05) is 84.9 Å². The molecule has 146 valence electrons. The third-order valence-corrected chi connectivity index (χ3v) is 6.68. The number of fused-ring (bicyclic) bond motifs is 7. The van der Waals surface area contributed by atoms with Gasteiger partial charge in [0.25, 0.3) is 0 Å². The number of aliphatic hydroxyl groups is 1. The molecule has 0 radical (unpaired) electrons. The van der Waals surface area contributed by atoms with Gasteiger partial charge < -0.3 is 9.52 Å². The highest BCUT2D eigenvalue weighted by Gasteiger charge is 2.45. The maximum atomic E-state index is 12.5. The van der Waals surface area contributed by atoms with E-state index in [9.17, 15) is 5.11 Å². The summed E-state index contributed by atoms with van der Waals surface area (Å²) in [5.41, 5.74) is 5.00. The number of hydrogen-bond acceptors (Lipinski definition) is 2. The van der Waals surface area contributed by atoms with Crippen LogP contribution in [0.5, 0.6) is 0 Å². The molecule has 0 bridgehead atoms. The van der Waals surface area contributed by atoms with Crippen molar-refractivity contribution in [2.24, 2.45) is 0 Å². The van der Waals surface area contributed by atoms with Gasteiger partial charge in [-0.25, -0.2) is 0 Å². The van der Waals surface area contributed by atoms with E-state index in [2.05, 4.69) is 48.5 Å². The lowest BCUT2D eigenvalue weighted by molar-refractivity contribution is 0.131. The van der Waals surface area contributed by atoms with Gasteiger partial charge in [-0.2, -0.15) is 0 Å². The van der Waals surface area contributed by atoms with Crippen LogP contribution in [0.1, 0.15) is 16.7 Å². The first kappa shape index (κ1) is 16.9. The van der Waals surface area contributed by atoms with Crippen LogP contribution in [0.3, 0.4) is 0 Å². The van der Waals surface area contributed by atoms with Crippen molar-refractivity contribution in [2.75, 3.05) is 0 Å². The van der Waals surface area contributed by atoms with E-state index in [1.807, 2.05) is 54.6 Å². The van der Waals surface area contributed by atoms with Crippen LogP contribution in [0.4, 0.5) is 0 Å². The van der Waals surface area contributed by atoms with Gasteiger partial charge in [0.05, 0.1) is 0 Å². The molecule has 0 fully saturated rings. The second-order valence-corrected chi connectivity index (χ2v) is 8.28. The van der Waals surface area contributed by atoms with Gasteiger partial charge in [-0.05, 0) is 40.1 Å². The fraction of sp³-hybridized carbons (Fsp3) is 0.0345. The standard InChI is InChI=1S/C29H18O2/c30-29(25-14-7-12-22-21-11-4-6-15-27(21)31-28(22)25)24-13-5-3-10-20(24)23-16-18-8-1-2-9-19(18)17-26(23)29/h1-17,30H. The zero-order chi connectivity index (χ0) is 20.6. The van der Waals surface area contributed by atoms with Crippen molar-refractivity contribution < 1.29 is 9.52 Å². The van der Waals surface area contributed by atoms with Crippen LogP contribution in [0.25, 0.3) is 43.8 Å². The van der Waals surface area contributed by atoms with Crippen molar-refractivity contribution in [3.8, 4) is 11.1 Å². The second kappa shape index (κ2) is 5.84. The van der Waals surface area contributed by atoms with Crippen LogP contribution in [-0.4, -0.2) is 5.11 Å². The van der Waals surface area contributed by atoms with E-state index in [0.717, 1.165) is 55.1 Å². The number of furan rings is 1. The first-order valence-corrected chi connectivity index (χ1v) is 10.5. The minimum atomic E-state index is -1.29. The minimum absolute atomic E-state index is 0.738. The molecule has 0 amide bonds. The third-order valence-electron chi connectivity index (χ3n) is 6.68. The van der Waals surface area contributed by atoms with Gasteiger partial charge in [0.1, 0.15) is 16.8 Å². The van der Waals surface area contributed by atoms with Crippen LogP contribution in [0.2, 0.25) is 0 Å². The van der Waals surface area contributed by atoms with E-state index < -0.39 is 5.60 Å². The lowest BCUT2D eigenvalue weighted by atomic mass is 9.83. The maximum absolute atomic E-state index is 12.5. The molecule has 1 atom stereocenters. The fourth-order valence-corrected chi connectivity index (χ4v) is 5.26. The molecule has 5 aromatic carbocycles. The Bertz CT molecular complexity index is 1660. The van der Waals surface area contributed by atoms with E-state index >= 15 is 0 Å². The highest BCUT2D eigenvalue weighted by molar-refractivity contribution is 6.07. The summed E-state index contributed by atoms with van der Waals surface area (Å²) >= 11 is 0. The summed E-state index contributed by atoms with van der Waals surface area (Å²) in [4.78, 5) is 0. The van der Waals surface area contributed by atoms with Crippen molar-refractivity contribution in [3.63, 3.8) is 0 Å². The summed E-state index contributed by atoms with van der Waals surface area (Å²) in [6, 6.07) is 34.9. The topological polar surface area (TPSA) is 33.4 Å². The Labute approximate surface area is 179 Å². The van der Waals surface area contributed by atoms with Crippen molar-refractivity contribution in [3.05, 3.63) is 120 Å². The molecule has 1 aliphatic rings. The molecule has 1 N–H and O–H groups in total. The van der Waals surface area contributed by atoms with Crippen LogP contribution < -0.4 is 0 Å². The normalized spacial score (nSPS) is 17.3. The van der Waals surface area contributed by atoms with E-state index in [0.29, 0.717) is 0 Å². The van der Waals surface area contributed by atoms with Crippen molar-refractivity contribution in [1.29, 1.82) is 0 Å². The smallest absolute Gasteiger partial charge is 0.145 e. The number of benzene rings is 5. The molecule has 7 rings (SSSR count). The number of para-hydroxylation sites is 2. The molecule has 1 aromatic heterocycles. The van der Waals surface area contributed by atoms with Gasteiger partial charge >= 0.3 is 0 Å². The maximum Gasteiger partial charge on any atom is 0.145 e. The fourth-order valence-electron chi connectivity index (χ4n) is 5.26. The van der Waals surface area contributed by atoms with Gasteiger partial charge in [0, 0.05) is 27.5 Å². The molecule has 1 heterocycles. The first-order valence-electron chi connectivity index (χ1n) is 10.5. The molecule has 0 saturated heterocycles. The number of hydrogen-bond donors (Lipinski definition) is 1. The van der Waals surface area contributed by atoms with E-state index in [1.54, 1.807) is 0 Å². The highest BCUT2D eigenvalue weighted by Crippen LogP contribution is 2.53. The molecular weight excluding hydrogens is 380 g/mol. The predicted molar refractivity (Wildman–Crippen MR) is 125 cm³/mol. The Morgan fingerprint density at radius 2 is 1.23 bits per heavy atom. The van der Waals surface area contributed by atoms with E-state index in [4.69, 9.17) is 4.42 Å². The zero-order valence-electron chi connectivity index (χ0n) is 16.7. The third kappa shape index (κ3) is 2.10. The Balaban J connectivity index is 1.63. The molecule has 2 nitrogen and oxygen atoms in total. The van der Waals surface area contributed by atoms with Crippen LogP contribution in [-0.2, 0) is 5.60 Å². The summed E-state index contributed by atoms with van der Waals surface area (Å²) in [6.45, 7) is 0. The quantitative estimate of drug-likeness (QED) is 0.323. The van der Waals surface area contributed by atoms with Crippen molar-refractivity contribution >= 4 is 32.7 Å².